The lowest BCUT2D eigenvalue weighted by Gasteiger charge is -2.11. The van der Waals surface area contributed by atoms with Crippen LogP contribution in [0.5, 0.6) is 0 Å². The highest BCUT2D eigenvalue weighted by atomic mass is 19.1. The van der Waals surface area contributed by atoms with Gasteiger partial charge in [0.2, 0.25) is 5.91 Å². The van der Waals surface area contributed by atoms with Crippen molar-refractivity contribution in [1.82, 2.24) is 0 Å². The maximum Gasteiger partial charge on any atom is 0.256 e. The maximum absolute atomic E-state index is 13.8. The van der Waals surface area contributed by atoms with Gasteiger partial charge in [-0.1, -0.05) is 36.4 Å². The first kappa shape index (κ1) is 19.3. The fourth-order valence-corrected chi connectivity index (χ4v) is 2.74. The third-order valence-corrected chi connectivity index (χ3v) is 4.01. The number of amides is 2. The first-order valence-corrected chi connectivity index (χ1v) is 8.62. The molecule has 5 nitrogen and oxygen atoms in total. The highest BCUT2D eigenvalue weighted by Crippen LogP contribution is 2.25. The monoisotopic (exact) mass is 378 g/mol. The van der Waals surface area contributed by atoms with Gasteiger partial charge in [-0.05, 0) is 47.5 Å². The Bertz CT molecular complexity index is 973. The van der Waals surface area contributed by atoms with Crippen molar-refractivity contribution in [2.24, 2.45) is 0 Å². The van der Waals surface area contributed by atoms with Gasteiger partial charge in [0.05, 0.1) is 5.56 Å². The summed E-state index contributed by atoms with van der Waals surface area (Å²) in [6, 6.07) is 20.1. The first-order valence-electron chi connectivity index (χ1n) is 8.62. The van der Waals surface area contributed by atoms with Crippen molar-refractivity contribution in [3.8, 4) is 11.1 Å². The zero-order valence-electron chi connectivity index (χ0n) is 15.2. The minimum Gasteiger partial charge on any atom is -0.375 e. The summed E-state index contributed by atoms with van der Waals surface area (Å²) >= 11 is 0. The zero-order chi connectivity index (χ0) is 19.9. The van der Waals surface area contributed by atoms with Gasteiger partial charge in [0.1, 0.15) is 12.4 Å². The predicted octanol–water partition coefficient (Wildman–Crippen LogP) is 4.33. The molecule has 0 fully saturated rings. The second-order valence-corrected chi connectivity index (χ2v) is 6.07. The number of benzene rings is 3. The molecule has 6 heteroatoms. The molecule has 3 rings (SSSR count). The van der Waals surface area contributed by atoms with Crippen molar-refractivity contribution in [1.29, 1.82) is 0 Å². The molecule has 0 atom stereocenters. The Hall–Kier alpha value is -3.51. The molecule has 0 unspecified atom stereocenters. The summed E-state index contributed by atoms with van der Waals surface area (Å²) in [5, 5.41) is 5.43. The van der Waals surface area contributed by atoms with Gasteiger partial charge < -0.3 is 15.4 Å². The molecule has 3 aromatic rings. The molecule has 28 heavy (non-hydrogen) atoms. The van der Waals surface area contributed by atoms with Gasteiger partial charge in [-0.2, -0.15) is 0 Å². The van der Waals surface area contributed by atoms with Crippen molar-refractivity contribution in [3.63, 3.8) is 0 Å². The van der Waals surface area contributed by atoms with Crippen LogP contribution >= 0.6 is 0 Å². The Morgan fingerprint density at radius 3 is 2.18 bits per heavy atom. The Kier molecular flexibility index (Phi) is 6.14. The second kappa shape index (κ2) is 8.92. The Morgan fingerprint density at radius 1 is 0.893 bits per heavy atom. The molecule has 0 aliphatic carbocycles. The fourth-order valence-electron chi connectivity index (χ4n) is 2.74. The van der Waals surface area contributed by atoms with Gasteiger partial charge >= 0.3 is 0 Å². The molecular weight excluding hydrogens is 359 g/mol. The zero-order valence-corrected chi connectivity index (χ0v) is 15.2. The van der Waals surface area contributed by atoms with Crippen LogP contribution in [-0.4, -0.2) is 25.5 Å². The SMILES string of the molecule is COCC(=O)Nc1ccc(NC(=O)c2cc(F)ccc2-c2ccccc2)cc1. The Labute approximate surface area is 162 Å². The molecule has 0 aliphatic rings. The van der Waals surface area contributed by atoms with E-state index in [0.29, 0.717) is 16.9 Å². The van der Waals surface area contributed by atoms with Gasteiger partial charge in [0.15, 0.2) is 0 Å². The van der Waals surface area contributed by atoms with Crippen LogP contribution in [-0.2, 0) is 9.53 Å². The van der Waals surface area contributed by atoms with E-state index in [1.807, 2.05) is 30.3 Å². The van der Waals surface area contributed by atoms with Crippen molar-refractivity contribution < 1.29 is 18.7 Å². The summed E-state index contributed by atoms with van der Waals surface area (Å²) in [6.45, 7) is -0.0413. The minimum atomic E-state index is -0.485. The summed E-state index contributed by atoms with van der Waals surface area (Å²) in [4.78, 5) is 24.3. The molecule has 142 valence electrons. The van der Waals surface area contributed by atoms with Gasteiger partial charge in [0, 0.05) is 18.5 Å². The third kappa shape index (κ3) is 4.81. The predicted molar refractivity (Wildman–Crippen MR) is 107 cm³/mol. The number of carbonyl (C=O) groups excluding carboxylic acids is 2. The second-order valence-electron chi connectivity index (χ2n) is 6.07. The lowest BCUT2D eigenvalue weighted by Crippen LogP contribution is -2.17. The molecule has 0 saturated heterocycles. The smallest absolute Gasteiger partial charge is 0.256 e. The number of carbonyl (C=O) groups is 2. The molecule has 3 aromatic carbocycles. The summed E-state index contributed by atoms with van der Waals surface area (Å²) in [6.07, 6.45) is 0. The van der Waals surface area contributed by atoms with Crippen LogP contribution in [0.4, 0.5) is 15.8 Å². The topological polar surface area (TPSA) is 67.4 Å². The van der Waals surface area contributed by atoms with Crippen LogP contribution in [0.25, 0.3) is 11.1 Å². The molecule has 0 aromatic heterocycles. The van der Waals surface area contributed by atoms with Crippen molar-refractivity contribution >= 4 is 23.2 Å². The van der Waals surface area contributed by atoms with E-state index in [2.05, 4.69) is 10.6 Å². The molecular formula is C22H19FN2O3. The number of hydrogen-bond acceptors (Lipinski definition) is 3. The van der Waals surface area contributed by atoms with Crippen LogP contribution in [0, 0.1) is 5.82 Å². The summed E-state index contributed by atoms with van der Waals surface area (Å²) in [5.74, 6) is -1.18. The van der Waals surface area contributed by atoms with E-state index < -0.39 is 11.7 Å². The average molecular weight is 378 g/mol. The average Bonchev–Trinajstić information content (AvgIpc) is 2.70. The minimum absolute atomic E-state index is 0.0413. The van der Waals surface area contributed by atoms with E-state index in [-0.39, 0.29) is 18.1 Å². The number of anilines is 2. The Balaban J connectivity index is 1.78. The van der Waals surface area contributed by atoms with Gasteiger partial charge in [0.25, 0.3) is 5.91 Å². The maximum atomic E-state index is 13.8. The van der Waals surface area contributed by atoms with E-state index >= 15 is 0 Å². The number of hydrogen-bond donors (Lipinski definition) is 2. The number of ether oxygens (including phenoxy) is 1. The number of rotatable bonds is 6. The van der Waals surface area contributed by atoms with Crippen LogP contribution < -0.4 is 10.6 Å². The van der Waals surface area contributed by atoms with E-state index in [0.717, 1.165) is 5.56 Å². The normalized spacial score (nSPS) is 10.4. The van der Waals surface area contributed by atoms with Gasteiger partial charge in [-0.25, -0.2) is 4.39 Å². The fraction of sp³-hybridized carbons (Fsp3) is 0.0909. The van der Waals surface area contributed by atoms with Crippen molar-refractivity contribution in [3.05, 3.63) is 84.2 Å². The number of nitrogens with one attached hydrogen (secondary N) is 2. The summed E-state index contributed by atoms with van der Waals surface area (Å²) in [7, 11) is 1.44. The van der Waals surface area contributed by atoms with Crippen molar-refractivity contribution in [2.45, 2.75) is 0 Å². The number of halogens is 1. The van der Waals surface area contributed by atoms with E-state index in [4.69, 9.17) is 4.74 Å². The number of methoxy groups -OCH3 is 1. The van der Waals surface area contributed by atoms with Crippen LogP contribution in [0.2, 0.25) is 0 Å². The van der Waals surface area contributed by atoms with E-state index in [9.17, 15) is 14.0 Å². The molecule has 0 bridgehead atoms. The van der Waals surface area contributed by atoms with Crippen LogP contribution in [0.15, 0.2) is 72.8 Å². The molecule has 0 saturated carbocycles. The van der Waals surface area contributed by atoms with Gasteiger partial charge in [-0.15, -0.1) is 0 Å². The van der Waals surface area contributed by atoms with E-state index in [1.165, 1.54) is 19.2 Å². The van der Waals surface area contributed by atoms with Gasteiger partial charge in [-0.3, -0.25) is 9.59 Å². The summed E-state index contributed by atoms with van der Waals surface area (Å²) in [5.41, 5.74) is 2.81. The Morgan fingerprint density at radius 2 is 1.54 bits per heavy atom. The molecule has 2 N–H and O–H groups in total. The van der Waals surface area contributed by atoms with E-state index in [1.54, 1.807) is 30.3 Å². The van der Waals surface area contributed by atoms with Crippen LogP contribution in [0.1, 0.15) is 10.4 Å². The molecule has 0 radical (unpaired) electrons. The van der Waals surface area contributed by atoms with Crippen LogP contribution in [0.3, 0.4) is 0 Å². The lowest BCUT2D eigenvalue weighted by molar-refractivity contribution is -0.119. The third-order valence-electron chi connectivity index (χ3n) is 4.01. The molecule has 0 spiro atoms. The molecule has 0 aliphatic heterocycles. The molecule has 2 amide bonds. The standard InChI is InChI=1S/C22H19FN2O3/c1-28-14-21(26)24-17-8-10-18(11-9-17)25-22(27)20-13-16(23)7-12-19(20)15-5-3-2-4-6-15/h2-13H,14H2,1H3,(H,24,26)(H,25,27). The van der Waals surface area contributed by atoms with Crippen molar-refractivity contribution in [2.75, 3.05) is 24.4 Å². The largest absolute Gasteiger partial charge is 0.375 e. The highest BCUT2D eigenvalue weighted by molar-refractivity contribution is 6.08. The highest BCUT2D eigenvalue weighted by Gasteiger charge is 2.14. The lowest BCUT2D eigenvalue weighted by atomic mass is 9.99. The first-order chi connectivity index (χ1) is 13.6. The summed E-state index contributed by atoms with van der Waals surface area (Å²) < 4.78 is 18.5. The quantitative estimate of drug-likeness (QED) is 0.671. The molecule has 0 heterocycles.